The average molecular weight is 386 g/mol. The topological polar surface area (TPSA) is 35.8 Å². The summed E-state index contributed by atoms with van der Waals surface area (Å²) in [5.74, 6) is 0. The molecule has 1 N–H and O–H groups in total. The molecule has 92 valence electrons. The van der Waals surface area contributed by atoms with Gasteiger partial charge in [0.2, 0.25) is 0 Å². The van der Waals surface area contributed by atoms with Crippen LogP contribution in [-0.4, -0.2) is 0 Å². The molecule has 0 aliphatic rings. The minimum Gasteiger partial charge on any atom is -0.380 e. The lowest BCUT2D eigenvalue weighted by atomic mass is 10.1. The van der Waals surface area contributed by atoms with Crippen molar-refractivity contribution in [3.8, 4) is 6.07 Å². The van der Waals surface area contributed by atoms with E-state index in [1.165, 1.54) is 4.88 Å². The Morgan fingerprint density at radius 2 is 1.94 bits per heavy atom. The quantitative estimate of drug-likeness (QED) is 0.807. The number of nitriles is 1. The SMILES string of the molecule is N#CCc1ccc(NCc2cc(Br)c(Br)s2)cc1. The monoisotopic (exact) mass is 384 g/mol. The Morgan fingerprint density at radius 3 is 2.50 bits per heavy atom. The number of hydrogen-bond acceptors (Lipinski definition) is 3. The van der Waals surface area contributed by atoms with Crippen LogP contribution in [0.25, 0.3) is 0 Å². The number of nitrogens with one attached hydrogen (secondary N) is 1. The highest BCUT2D eigenvalue weighted by atomic mass is 79.9. The third kappa shape index (κ3) is 3.58. The van der Waals surface area contributed by atoms with Crippen LogP contribution in [0.3, 0.4) is 0 Å². The molecule has 0 radical (unpaired) electrons. The normalized spacial score (nSPS) is 10.1. The van der Waals surface area contributed by atoms with Crippen LogP contribution in [0, 0.1) is 11.3 Å². The van der Waals surface area contributed by atoms with Gasteiger partial charge in [0.05, 0.1) is 16.3 Å². The van der Waals surface area contributed by atoms with Gasteiger partial charge in [-0.25, -0.2) is 0 Å². The van der Waals surface area contributed by atoms with Crippen molar-refractivity contribution in [2.24, 2.45) is 0 Å². The second kappa shape index (κ2) is 6.37. The molecule has 0 amide bonds. The maximum Gasteiger partial charge on any atom is 0.0843 e. The molecule has 0 spiro atoms. The average Bonchev–Trinajstić information content (AvgIpc) is 2.68. The molecule has 0 saturated carbocycles. The van der Waals surface area contributed by atoms with E-state index in [9.17, 15) is 0 Å². The summed E-state index contributed by atoms with van der Waals surface area (Å²) in [5, 5.41) is 12.0. The van der Waals surface area contributed by atoms with Crippen molar-refractivity contribution in [1.82, 2.24) is 0 Å². The first-order valence-corrected chi connectivity index (χ1v) is 7.73. The molecule has 18 heavy (non-hydrogen) atoms. The fourth-order valence-corrected chi connectivity index (χ4v) is 3.62. The van der Waals surface area contributed by atoms with E-state index in [2.05, 4.69) is 49.3 Å². The van der Waals surface area contributed by atoms with Crippen LogP contribution in [0.2, 0.25) is 0 Å². The molecule has 0 fully saturated rings. The number of rotatable bonds is 4. The third-order valence-corrected chi connectivity index (χ3v) is 5.66. The molecule has 1 aromatic carbocycles. The van der Waals surface area contributed by atoms with Crippen LogP contribution in [0.1, 0.15) is 10.4 Å². The van der Waals surface area contributed by atoms with Crippen LogP contribution in [0.5, 0.6) is 0 Å². The van der Waals surface area contributed by atoms with Crippen molar-refractivity contribution in [3.05, 3.63) is 49.0 Å². The molecule has 2 aromatic rings. The van der Waals surface area contributed by atoms with Gasteiger partial charge in [-0.15, -0.1) is 11.3 Å². The van der Waals surface area contributed by atoms with E-state index in [0.717, 1.165) is 26.1 Å². The summed E-state index contributed by atoms with van der Waals surface area (Å²) in [6.07, 6.45) is 0.463. The summed E-state index contributed by atoms with van der Waals surface area (Å²) in [6, 6.07) is 12.2. The third-order valence-electron chi connectivity index (χ3n) is 2.40. The minimum absolute atomic E-state index is 0.463. The highest BCUT2D eigenvalue weighted by molar-refractivity contribution is 9.13. The highest BCUT2D eigenvalue weighted by Gasteiger charge is 2.03. The Balaban J connectivity index is 1.96. The second-order valence-electron chi connectivity index (χ2n) is 3.72. The first-order valence-electron chi connectivity index (χ1n) is 5.32. The van der Waals surface area contributed by atoms with Crippen LogP contribution in [-0.2, 0) is 13.0 Å². The molecule has 0 saturated heterocycles. The summed E-state index contributed by atoms with van der Waals surface area (Å²) in [7, 11) is 0. The van der Waals surface area contributed by atoms with Gasteiger partial charge in [0, 0.05) is 21.6 Å². The van der Waals surface area contributed by atoms with E-state index < -0.39 is 0 Å². The number of anilines is 1. The number of thiophene rings is 1. The Labute approximate surface area is 127 Å². The van der Waals surface area contributed by atoms with Gasteiger partial charge < -0.3 is 5.32 Å². The molecule has 2 nitrogen and oxygen atoms in total. The Bertz CT molecular complexity index is 550. The summed E-state index contributed by atoms with van der Waals surface area (Å²) >= 11 is 8.67. The van der Waals surface area contributed by atoms with Crippen molar-refractivity contribution in [3.63, 3.8) is 0 Å². The smallest absolute Gasteiger partial charge is 0.0843 e. The first kappa shape index (κ1) is 13.6. The van der Waals surface area contributed by atoms with E-state index in [0.29, 0.717) is 6.42 Å². The molecule has 0 aliphatic heterocycles. The molecule has 0 bridgehead atoms. The summed E-state index contributed by atoms with van der Waals surface area (Å²) in [6.45, 7) is 0.798. The molecule has 2 rings (SSSR count). The maximum absolute atomic E-state index is 8.60. The molecule has 5 heteroatoms. The molecule has 0 unspecified atom stereocenters. The number of hydrogen-bond donors (Lipinski definition) is 1. The van der Waals surface area contributed by atoms with Crippen molar-refractivity contribution >= 4 is 48.9 Å². The highest BCUT2D eigenvalue weighted by Crippen LogP contribution is 2.32. The molecular formula is C13H10Br2N2S. The zero-order valence-electron chi connectivity index (χ0n) is 9.41. The van der Waals surface area contributed by atoms with Crippen molar-refractivity contribution in [2.75, 3.05) is 5.32 Å². The number of benzene rings is 1. The predicted octanol–water partition coefficient (Wildman–Crippen LogP) is 4.95. The van der Waals surface area contributed by atoms with Crippen LogP contribution in [0.4, 0.5) is 5.69 Å². The number of nitrogens with zero attached hydrogens (tertiary/aromatic N) is 1. The van der Waals surface area contributed by atoms with E-state index in [1.807, 2.05) is 24.3 Å². The van der Waals surface area contributed by atoms with E-state index in [4.69, 9.17) is 5.26 Å². The fraction of sp³-hybridized carbons (Fsp3) is 0.154. The minimum atomic E-state index is 0.463. The van der Waals surface area contributed by atoms with Gasteiger partial charge in [-0.1, -0.05) is 12.1 Å². The fourth-order valence-electron chi connectivity index (χ4n) is 1.50. The lowest BCUT2D eigenvalue weighted by Crippen LogP contribution is -1.97. The van der Waals surface area contributed by atoms with Gasteiger partial charge in [0.15, 0.2) is 0 Å². The summed E-state index contributed by atoms with van der Waals surface area (Å²) in [5.41, 5.74) is 2.11. The first-order chi connectivity index (χ1) is 8.69. The predicted molar refractivity (Wildman–Crippen MR) is 82.8 cm³/mol. The van der Waals surface area contributed by atoms with Crippen molar-refractivity contribution in [1.29, 1.82) is 5.26 Å². The number of halogens is 2. The standard InChI is InChI=1S/C13H10Br2N2S/c14-12-7-11(18-13(12)15)8-17-10-3-1-9(2-4-10)5-6-16/h1-4,7,17H,5,8H2. The zero-order chi connectivity index (χ0) is 13.0. The van der Waals surface area contributed by atoms with E-state index in [1.54, 1.807) is 11.3 Å². The Morgan fingerprint density at radius 1 is 1.22 bits per heavy atom. The van der Waals surface area contributed by atoms with Gasteiger partial charge in [0.1, 0.15) is 0 Å². The summed E-state index contributed by atoms with van der Waals surface area (Å²) in [4.78, 5) is 1.26. The lowest BCUT2D eigenvalue weighted by Gasteiger charge is -2.05. The van der Waals surface area contributed by atoms with E-state index >= 15 is 0 Å². The molecule has 0 aliphatic carbocycles. The van der Waals surface area contributed by atoms with Crippen LogP contribution >= 0.6 is 43.2 Å². The van der Waals surface area contributed by atoms with Gasteiger partial charge in [-0.3, -0.25) is 0 Å². The van der Waals surface area contributed by atoms with Crippen LogP contribution in [0.15, 0.2) is 38.6 Å². The lowest BCUT2D eigenvalue weighted by molar-refractivity contribution is 1.18. The molecule has 1 aromatic heterocycles. The molecular weight excluding hydrogens is 376 g/mol. The van der Waals surface area contributed by atoms with Gasteiger partial charge >= 0.3 is 0 Å². The van der Waals surface area contributed by atoms with Crippen molar-refractivity contribution < 1.29 is 0 Å². The summed E-state index contributed by atoms with van der Waals surface area (Å²) < 4.78 is 2.21. The largest absolute Gasteiger partial charge is 0.380 e. The van der Waals surface area contributed by atoms with Crippen molar-refractivity contribution in [2.45, 2.75) is 13.0 Å². The van der Waals surface area contributed by atoms with Gasteiger partial charge in [0.25, 0.3) is 0 Å². The molecule has 0 atom stereocenters. The molecule has 1 heterocycles. The Kier molecular flexibility index (Phi) is 4.81. The van der Waals surface area contributed by atoms with Gasteiger partial charge in [-0.2, -0.15) is 5.26 Å². The van der Waals surface area contributed by atoms with E-state index in [-0.39, 0.29) is 0 Å². The Hall–Kier alpha value is -0.830. The zero-order valence-corrected chi connectivity index (χ0v) is 13.4. The van der Waals surface area contributed by atoms with Gasteiger partial charge in [-0.05, 0) is 55.6 Å². The van der Waals surface area contributed by atoms with Crippen LogP contribution < -0.4 is 5.32 Å². The second-order valence-corrected chi connectivity index (χ2v) is 7.03. The maximum atomic E-state index is 8.60.